The Kier molecular flexibility index (Phi) is 3.59. The highest BCUT2D eigenvalue weighted by Crippen LogP contribution is 2.28. The molecule has 0 unspecified atom stereocenters. The van der Waals surface area contributed by atoms with Crippen LogP contribution < -0.4 is 4.72 Å². The van der Waals surface area contributed by atoms with Gasteiger partial charge in [0.1, 0.15) is 16.4 Å². The summed E-state index contributed by atoms with van der Waals surface area (Å²) in [7, 11) is -3.80. The van der Waals surface area contributed by atoms with Crippen LogP contribution in [-0.2, 0) is 16.6 Å². The number of aliphatic hydroxyl groups is 1. The van der Waals surface area contributed by atoms with E-state index in [9.17, 15) is 13.5 Å². The quantitative estimate of drug-likeness (QED) is 0.888. The molecular weight excluding hydrogens is 268 g/mol. The number of nitrogens with one attached hydrogen (secondary N) is 1. The van der Waals surface area contributed by atoms with Crippen LogP contribution in [0.25, 0.3) is 0 Å². The van der Waals surface area contributed by atoms with Crippen LogP contribution in [-0.4, -0.2) is 18.5 Å². The Hall–Kier alpha value is -1.86. The zero-order chi connectivity index (χ0) is 14.0. The highest BCUT2D eigenvalue weighted by Gasteiger charge is 2.26. The lowest BCUT2D eigenvalue weighted by molar-refractivity contribution is 0.276. The summed E-state index contributed by atoms with van der Waals surface area (Å²) >= 11 is 0. The average molecular weight is 282 g/mol. The summed E-state index contributed by atoms with van der Waals surface area (Å²) in [6, 6.07) is 3.08. The first kappa shape index (κ1) is 13.6. The highest BCUT2D eigenvalue weighted by atomic mass is 32.2. The molecule has 0 radical (unpaired) electrons. The maximum atomic E-state index is 12.3. The molecule has 2 rings (SSSR count). The molecule has 2 heterocycles. The van der Waals surface area contributed by atoms with Gasteiger partial charge in [-0.25, -0.2) is 8.42 Å². The summed E-state index contributed by atoms with van der Waals surface area (Å²) in [6.45, 7) is 2.77. The minimum atomic E-state index is -3.80. The number of nitrogens with zero attached hydrogens (tertiary/aromatic N) is 1. The highest BCUT2D eigenvalue weighted by molar-refractivity contribution is 7.92. The number of hydrogen-bond acceptors (Lipinski definition) is 5. The molecule has 2 N–H and O–H groups in total. The third-order valence-corrected chi connectivity index (χ3v) is 4.26. The third kappa shape index (κ3) is 2.61. The number of aromatic nitrogens is 1. The molecule has 0 aliphatic rings. The molecule has 0 saturated heterocycles. The van der Waals surface area contributed by atoms with E-state index in [0.717, 1.165) is 0 Å². The van der Waals surface area contributed by atoms with Gasteiger partial charge in [-0.1, -0.05) is 0 Å². The molecule has 0 spiro atoms. The molecule has 0 atom stereocenters. The van der Waals surface area contributed by atoms with Crippen molar-refractivity contribution in [1.29, 1.82) is 0 Å². The van der Waals surface area contributed by atoms with Crippen LogP contribution in [0.1, 0.15) is 17.1 Å². The van der Waals surface area contributed by atoms with E-state index in [0.29, 0.717) is 11.4 Å². The fourth-order valence-corrected chi connectivity index (χ4v) is 3.37. The molecule has 0 bridgehead atoms. The lowest BCUT2D eigenvalue weighted by atomic mass is 10.2. The zero-order valence-electron chi connectivity index (χ0n) is 10.5. The van der Waals surface area contributed by atoms with Crippen molar-refractivity contribution in [3.8, 4) is 0 Å². The van der Waals surface area contributed by atoms with Crippen LogP contribution >= 0.6 is 0 Å². The summed E-state index contributed by atoms with van der Waals surface area (Å²) in [5.74, 6) is 0.651. The molecule has 0 aliphatic heterocycles. The van der Waals surface area contributed by atoms with Crippen molar-refractivity contribution in [3.63, 3.8) is 0 Å². The average Bonchev–Trinajstić information content (AvgIpc) is 2.64. The molecule has 0 amide bonds. The molecule has 0 saturated carbocycles. The first-order chi connectivity index (χ1) is 8.95. The number of rotatable bonds is 4. The number of anilines is 1. The molecule has 0 aromatic carbocycles. The smallest absolute Gasteiger partial charge is 0.265 e. The molecule has 0 aliphatic carbocycles. The topological polar surface area (TPSA) is 92.4 Å². The summed E-state index contributed by atoms with van der Waals surface area (Å²) < 4.78 is 32.3. The van der Waals surface area contributed by atoms with Gasteiger partial charge in [-0.15, -0.1) is 0 Å². The van der Waals surface area contributed by atoms with Gasteiger partial charge in [0.05, 0.1) is 12.3 Å². The Labute approximate surface area is 111 Å². The van der Waals surface area contributed by atoms with Gasteiger partial charge in [0, 0.05) is 18.0 Å². The second-order valence-electron chi connectivity index (χ2n) is 4.02. The van der Waals surface area contributed by atoms with E-state index in [4.69, 9.17) is 4.42 Å². The molecule has 19 heavy (non-hydrogen) atoms. The van der Waals surface area contributed by atoms with Crippen LogP contribution in [0.3, 0.4) is 0 Å². The van der Waals surface area contributed by atoms with Gasteiger partial charge in [0.25, 0.3) is 10.0 Å². The number of hydrogen-bond donors (Lipinski definition) is 2. The first-order valence-electron chi connectivity index (χ1n) is 5.58. The van der Waals surface area contributed by atoms with Crippen molar-refractivity contribution >= 4 is 15.7 Å². The van der Waals surface area contributed by atoms with Gasteiger partial charge in [0.2, 0.25) is 0 Å². The van der Waals surface area contributed by atoms with Gasteiger partial charge >= 0.3 is 0 Å². The maximum absolute atomic E-state index is 12.3. The van der Waals surface area contributed by atoms with E-state index < -0.39 is 16.6 Å². The monoisotopic (exact) mass is 282 g/mol. The van der Waals surface area contributed by atoms with Gasteiger partial charge in [-0.05, 0) is 26.0 Å². The Morgan fingerprint density at radius 1 is 1.26 bits per heavy atom. The molecule has 0 fully saturated rings. The normalized spacial score (nSPS) is 11.5. The second-order valence-corrected chi connectivity index (χ2v) is 5.64. The van der Waals surface area contributed by atoms with Crippen molar-refractivity contribution in [3.05, 3.63) is 41.6 Å². The van der Waals surface area contributed by atoms with E-state index in [1.807, 2.05) is 0 Å². The standard InChI is InChI=1S/C12H14N2O4S/c1-8-11(7-15)12(9(2)18-8)19(16,17)14-10-3-5-13-6-4-10/h3-6,15H,7H2,1-2H3,(H,13,14). The van der Waals surface area contributed by atoms with E-state index in [2.05, 4.69) is 9.71 Å². The third-order valence-electron chi connectivity index (χ3n) is 2.68. The summed E-state index contributed by atoms with van der Waals surface area (Å²) in [4.78, 5) is 3.80. The van der Waals surface area contributed by atoms with Crippen LogP contribution in [0, 0.1) is 13.8 Å². The minimum Gasteiger partial charge on any atom is -0.465 e. The molecule has 6 nitrogen and oxygen atoms in total. The number of pyridine rings is 1. The molecular formula is C12H14N2O4S. The minimum absolute atomic E-state index is 0.00990. The van der Waals surface area contributed by atoms with E-state index >= 15 is 0 Å². The Morgan fingerprint density at radius 2 is 1.89 bits per heavy atom. The number of sulfonamides is 1. The summed E-state index contributed by atoms with van der Waals surface area (Å²) in [6.07, 6.45) is 2.97. The fraction of sp³-hybridized carbons (Fsp3) is 0.250. The zero-order valence-corrected chi connectivity index (χ0v) is 11.4. The largest absolute Gasteiger partial charge is 0.465 e. The fourth-order valence-electron chi connectivity index (χ4n) is 1.87. The van der Waals surface area contributed by atoms with Crippen LogP contribution in [0.5, 0.6) is 0 Å². The lowest BCUT2D eigenvalue weighted by Crippen LogP contribution is -2.15. The van der Waals surface area contributed by atoms with E-state index in [1.165, 1.54) is 12.4 Å². The predicted octanol–water partition coefficient (Wildman–Crippen LogP) is 1.58. The molecule has 2 aromatic heterocycles. The van der Waals surface area contributed by atoms with Gasteiger partial charge in [-0.3, -0.25) is 9.71 Å². The van der Waals surface area contributed by atoms with Crippen molar-refractivity contribution in [1.82, 2.24) is 4.98 Å². The number of furan rings is 1. The lowest BCUT2D eigenvalue weighted by Gasteiger charge is -2.08. The van der Waals surface area contributed by atoms with E-state index in [1.54, 1.807) is 26.0 Å². The molecule has 102 valence electrons. The van der Waals surface area contributed by atoms with Crippen LogP contribution in [0.4, 0.5) is 5.69 Å². The molecule has 2 aromatic rings. The number of aryl methyl sites for hydroxylation is 2. The maximum Gasteiger partial charge on any atom is 0.265 e. The van der Waals surface area contributed by atoms with Crippen molar-refractivity contribution in [2.45, 2.75) is 25.3 Å². The number of aliphatic hydroxyl groups excluding tert-OH is 1. The second kappa shape index (κ2) is 5.02. The van der Waals surface area contributed by atoms with Gasteiger partial charge < -0.3 is 9.52 Å². The van der Waals surface area contributed by atoms with Gasteiger partial charge in [-0.2, -0.15) is 0 Å². The summed E-state index contributed by atoms with van der Waals surface area (Å²) in [5.41, 5.74) is 0.677. The van der Waals surface area contributed by atoms with Gasteiger partial charge in [0.15, 0.2) is 0 Å². The van der Waals surface area contributed by atoms with Crippen molar-refractivity contribution in [2.24, 2.45) is 0 Å². The SMILES string of the molecule is Cc1oc(C)c(S(=O)(=O)Nc2ccncc2)c1CO. The van der Waals surface area contributed by atoms with Crippen LogP contribution in [0.2, 0.25) is 0 Å². The first-order valence-corrected chi connectivity index (χ1v) is 7.06. The summed E-state index contributed by atoms with van der Waals surface area (Å²) in [5, 5.41) is 9.28. The van der Waals surface area contributed by atoms with E-state index in [-0.39, 0.29) is 16.2 Å². The Morgan fingerprint density at radius 3 is 2.47 bits per heavy atom. The van der Waals surface area contributed by atoms with Crippen molar-refractivity contribution < 1.29 is 17.9 Å². The van der Waals surface area contributed by atoms with Crippen molar-refractivity contribution in [2.75, 3.05) is 4.72 Å². The molecule has 7 heteroatoms. The Balaban J connectivity index is 2.46. The Bertz CT molecular complexity index is 677. The van der Waals surface area contributed by atoms with Crippen LogP contribution in [0.15, 0.2) is 33.8 Å². The predicted molar refractivity (Wildman–Crippen MR) is 69.2 cm³/mol.